The number of nitrogens with zero attached hydrogens (tertiary/aromatic N) is 4. The zero-order valence-corrected chi connectivity index (χ0v) is 26.2. The fraction of sp³-hybridized carbons (Fsp3) is 0. The minimum Gasteiger partial charge on any atom is -0.456 e. The average molecular weight is 627 g/mol. The van der Waals surface area contributed by atoms with Crippen molar-refractivity contribution in [3.63, 3.8) is 0 Å². The maximum absolute atomic E-state index is 6.20. The van der Waals surface area contributed by atoms with E-state index in [0.29, 0.717) is 17.5 Å². The molecule has 0 fully saturated rings. The molecule has 10 aromatic rings. The zero-order valence-electron chi connectivity index (χ0n) is 26.2. The topological polar surface area (TPSA) is 64.7 Å². The van der Waals surface area contributed by atoms with E-state index >= 15 is 0 Å². The van der Waals surface area contributed by atoms with Crippen LogP contribution in [-0.2, 0) is 0 Å². The first-order chi connectivity index (χ1) is 24.3. The third-order valence-corrected chi connectivity index (χ3v) is 9.36. The lowest BCUT2D eigenvalue weighted by atomic mass is 9.96. The van der Waals surface area contributed by atoms with Crippen LogP contribution in [-0.4, -0.2) is 19.9 Å². The lowest BCUT2D eigenvalue weighted by Gasteiger charge is -2.11. The highest BCUT2D eigenvalue weighted by Gasteiger charge is 2.18. The Hall–Kier alpha value is -6.72. The normalized spacial score (nSPS) is 11.7. The van der Waals surface area contributed by atoms with Gasteiger partial charge in [-0.15, -0.1) is 0 Å². The van der Waals surface area contributed by atoms with Crippen LogP contribution in [0.25, 0.3) is 99.7 Å². The van der Waals surface area contributed by atoms with Crippen LogP contribution in [0.3, 0.4) is 0 Å². The number of rotatable bonds is 4. The molecule has 3 heterocycles. The van der Waals surface area contributed by atoms with Gasteiger partial charge in [0.2, 0.25) is 0 Å². The molecular formula is C44H26N4O. The van der Waals surface area contributed by atoms with E-state index in [4.69, 9.17) is 24.4 Å². The summed E-state index contributed by atoms with van der Waals surface area (Å²) in [6, 6.07) is 52.1. The number of furan rings is 1. The van der Waals surface area contributed by atoms with Crippen molar-refractivity contribution in [1.29, 1.82) is 0 Å². The molecule has 0 atom stereocenters. The Labute approximate surface area is 281 Å². The summed E-state index contributed by atoms with van der Waals surface area (Å²) >= 11 is 0. The Morgan fingerprint density at radius 2 is 1.04 bits per heavy atom. The Kier molecular flexibility index (Phi) is 6.11. The van der Waals surface area contributed by atoms with Gasteiger partial charge in [0.05, 0.1) is 5.52 Å². The molecule has 0 aliphatic heterocycles. The van der Waals surface area contributed by atoms with Crippen molar-refractivity contribution in [2.75, 3.05) is 0 Å². The first-order valence-corrected chi connectivity index (χ1v) is 16.3. The van der Waals surface area contributed by atoms with E-state index in [1.54, 1.807) is 0 Å². The Morgan fingerprint density at radius 3 is 1.90 bits per heavy atom. The van der Waals surface area contributed by atoms with Crippen LogP contribution in [0, 0.1) is 0 Å². The van der Waals surface area contributed by atoms with Gasteiger partial charge in [0, 0.05) is 44.4 Å². The van der Waals surface area contributed by atoms with Gasteiger partial charge >= 0.3 is 0 Å². The number of benzene rings is 7. The summed E-state index contributed by atoms with van der Waals surface area (Å²) in [5.41, 5.74) is 7.64. The van der Waals surface area contributed by atoms with Crippen LogP contribution in [0.5, 0.6) is 0 Å². The summed E-state index contributed by atoms with van der Waals surface area (Å²) in [5, 5.41) is 7.95. The van der Waals surface area contributed by atoms with Crippen molar-refractivity contribution in [2.45, 2.75) is 0 Å². The van der Waals surface area contributed by atoms with E-state index in [2.05, 4.69) is 91.0 Å². The maximum atomic E-state index is 6.20. The van der Waals surface area contributed by atoms with Crippen molar-refractivity contribution in [2.24, 2.45) is 0 Å². The predicted molar refractivity (Wildman–Crippen MR) is 199 cm³/mol. The van der Waals surface area contributed by atoms with Gasteiger partial charge in [0.1, 0.15) is 11.2 Å². The number of para-hydroxylation sites is 1. The van der Waals surface area contributed by atoms with Crippen molar-refractivity contribution in [3.05, 3.63) is 158 Å². The van der Waals surface area contributed by atoms with Gasteiger partial charge < -0.3 is 4.42 Å². The number of fused-ring (bicyclic) bond motifs is 8. The lowest BCUT2D eigenvalue weighted by molar-refractivity contribution is 0.669. The molecule has 10 rings (SSSR count). The van der Waals surface area contributed by atoms with Crippen LogP contribution in [0.2, 0.25) is 0 Å². The molecule has 228 valence electrons. The first-order valence-electron chi connectivity index (χ1n) is 16.3. The summed E-state index contributed by atoms with van der Waals surface area (Å²) in [6.07, 6.45) is 1.97. The average Bonchev–Trinajstić information content (AvgIpc) is 3.57. The minimum atomic E-state index is 0.604. The number of aromatic nitrogens is 4. The Bertz CT molecular complexity index is 2870. The highest BCUT2D eigenvalue weighted by molar-refractivity contribution is 6.19. The molecular weight excluding hydrogens is 601 g/mol. The highest BCUT2D eigenvalue weighted by atomic mass is 16.3. The summed E-state index contributed by atoms with van der Waals surface area (Å²) in [7, 11) is 0. The third kappa shape index (κ3) is 4.55. The Balaban J connectivity index is 1.11. The van der Waals surface area contributed by atoms with Crippen molar-refractivity contribution >= 4 is 54.4 Å². The molecule has 0 saturated heterocycles. The predicted octanol–water partition coefficient (Wildman–Crippen LogP) is 11.3. The van der Waals surface area contributed by atoms with Crippen LogP contribution >= 0.6 is 0 Å². The van der Waals surface area contributed by atoms with Gasteiger partial charge in [-0.05, 0) is 51.6 Å². The number of hydrogen-bond donors (Lipinski definition) is 0. The van der Waals surface area contributed by atoms with E-state index in [0.717, 1.165) is 60.7 Å². The fourth-order valence-corrected chi connectivity index (χ4v) is 6.97. The number of pyridine rings is 1. The quantitative estimate of drug-likeness (QED) is 0.182. The van der Waals surface area contributed by atoms with Crippen molar-refractivity contribution in [1.82, 2.24) is 19.9 Å². The molecule has 0 N–H and O–H groups in total. The molecule has 0 spiro atoms. The largest absolute Gasteiger partial charge is 0.456 e. The lowest BCUT2D eigenvalue weighted by Crippen LogP contribution is -2.00. The van der Waals surface area contributed by atoms with Gasteiger partial charge in [0.15, 0.2) is 17.5 Å². The monoisotopic (exact) mass is 626 g/mol. The molecule has 5 nitrogen and oxygen atoms in total. The SMILES string of the molecule is c1ccc(-c2nc(-c3ccc(-c4ccc5cnc6ccc7ccccc7c6c5c4)cc3)nc(-c3cccc4oc5ccccc5c34)n2)cc1. The standard InChI is InChI=1S/C44H26N4O/c1-2-10-29(11-3-1)42-46-43(48-44(47-42)35-14-8-16-39-41(35)34-13-6-7-15-38(34)49-39)30-19-17-27(18-20-30)31-21-22-32-26-45-37-24-23-28-9-4-5-12-33(28)40(37)36(32)25-31/h1-26H. The maximum Gasteiger partial charge on any atom is 0.164 e. The second kappa shape index (κ2) is 10.9. The smallest absolute Gasteiger partial charge is 0.164 e. The summed E-state index contributed by atoms with van der Waals surface area (Å²) < 4.78 is 6.20. The molecule has 7 aromatic carbocycles. The van der Waals surface area contributed by atoms with Gasteiger partial charge in [-0.1, -0.05) is 127 Å². The Morgan fingerprint density at radius 1 is 0.388 bits per heavy atom. The van der Waals surface area contributed by atoms with Crippen molar-refractivity contribution in [3.8, 4) is 45.3 Å². The molecule has 0 saturated carbocycles. The molecule has 0 bridgehead atoms. The molecule has 5 heteroatoms. The summed E-state index contributed by atoms with van der Waals surface area (Å²) in [5.74, 6) is 1.84. The molecule has 0 radical (unpaired) electrons. The molecule has 49 heavy (non-hydrogen) atoms. The van der Waals surface area contributed by atoms with Gasteiger partial charge in [-0.25, -0.2) is 15.0 Å². The minimum absolute atomic E-state index is 0.604. The molecule has 3 aromatic heterocycles. The van der Waals surface area contributed by atoms with Gasteiger partial charge in [-0.2, -0.15) is 0 Å². The van der Waals surface area contributed by atoms with Crippen molar-refractivity contribution < 1.29 is 4.42 Å². The van der Waals surface area contributed by atoms with Crippen LogP contribution in [0.1, 0.15) is 0 Å². The number of hydrogen-bond acceptors (Lipinski definition) is 5. The van der Waals surface area contributed by atoms with E-state index in [-0.39, 0.29) is 0 Å². The second-order valence-electron chi connectivity index (χ2n) is 12.3. The highest BCUT2D eigenvalue weighted by Crippen LogP contribution is 2.37. The molecule has 0 aliphatic rings. The van der Waals surface area contributed by atoms with Gasteiger partial charge in [-0.3, -0.25) is 4.98 Å². The summed E-state index contributed by atoms with van der Waals surface area (Å²) in [6.45, 7) is 0. The fourth-order valence-electron chi connectivity index (χ4n) is 6.97. The molecule has 0 aliphatic carbocycles. The van der Waals surface area contributed by atoms with E-state index in [9.17, 15) is 0 Å². The van der Waals surface area contributed by atoms with Crippen LogP contribution in [0.15, 0.2) is 162 Å². The van der Waals surface area contributed by atoms with Gasteiger partial charge in [0.25, 0.3) is 0 Å². The van der Waals surface area contributed by atoms with E-state index < -0.39 is 0 Å². The first kappa shape index (κ1) is 27.4. The third-order valence-electron chi connectivity index (χ3n) is 9.36. The zero-order chi connectivity index (χ0) is 32.3. The van der Waals surface area contributed by atoms with E-state index in [1.165, 1.54) is 21.5 Å². The summed E-state index contributed by atoms with van der Waals surface area (Å²) in [4.78, 5) is 19.8. The second-order valence-corrected chi connectivity index (χ2v) is 12.3. The van der Waals surface area contributed by atoms with Crippen LogP contribution in [0.4, 0.5) is 0 Å². The molecule has 0 amide bonds. The molecule has 0 unspecified atom stereocenters. The van der Waals surface area contributed by atoms with E-state index in [1.807, 2.05) is 66.9 Å². The van der Waals surface area contributed by atoms with Crippen LogP contribution < -0.4 is 0 Å².